The highest BCUT2D eigenvalue weighted by molar-refractivity contribution is 5.83. The summed E-state index contributed by atoms with van der Waals surface area (Å²) < 4.78 is 7.49. The van der Waals surface area contributed by atoms with Gasteiger partial charge in [-0.25, -0.2) is 15.0 Å². The first kappa shape index (κ1) is 20.2. The molecule has 0 saturated carbocycles. The van der Waals surface area contributed by atoms with Gasteiger partial charge in [0.2, 0.25) is 0 Å². The minimum atomic E-state index is -1.07. The molecule has 4 rings (SSSR count). The fourth-order valence-corrected chi connectivity index (χ4v) is 3.66. The van der Waals surface area contributed by atoms with Crippen LogP contribution in [0.2, 0.25) is 0 Å². The maximum absolute atomic E-state index is 12.2. The monoisotopic (exact) mass is 412 g/mol. The first-order chi connectivity index (χ1) is 14.4. The zero-order valence-electron chi connectivity index (χ0n) is 16.6. The number of aliphatic hydroxyl groups excluding tert-OH is 2. The Morgan fingerprint density at radius 2 is 2.07 bits per heavy atom. The summed E-state index contributed by atoms with van der Waals surface area (Å²) in [6.07, 6.45) is -2.27. The van der Waals surface area contributed by atoms with E-state index in [-0.39, 0.29) is 17.5 Å². The maximum atomic E-state index is 12.2. The molecule has 1 fully saturated rings. The summed E-state index contributed by atoms with van der Waals surface area (Å²) >= 11 is 0. The van der Waals surface area contributed by atoms with Crippen molar-refractivity contribution >= 4 is 22.9 Å². The molecule has 0 aliphatic carbocycles. The summed E-state index contributed by atoms with van der Waals surface area (Å²) in [7, 11) is 0. The minimum Gasteiger partial charge on any atom is -0.389 e. The van der Waals surface area contributed by atoms with Gasteiger partial charge >= 0.3 is 0 Å². The van der Waals surface area contributed by atoms with Crippen LogP contribution in [0.1, 0.15) is 37.6 Å². The highest BCUT2D eigenvalue weighted by Crippen LogP contribution is 2.37. The molecule has 1 unspecified atom stereocenters. The zero-order valence-corrected chi connectivity index (χ0v) is 16.6. The molecule has 5 atom stereocenters. The second-order valence-corrected chi connectivity index (χ2v) is 7.30. The van der Waals surface area contributed by atoms with Gasteiger partial charge in [0, 0.05) is 12.5 Å². The van der Waals surface area contributed by atoms with E-state index in [2.05, 4.69) is 20.3 Å². The van der Waals surface area contributed by atoms with E-state index in [0.29, 0.717) is 23.3 Å². The molecule has 1 aromatic carbocycles. The number of fused-ring (bicyclic) bond motifs is 1. The van der Waals surface area contributed by atoms with E-state index in [1.54, 1.807) is 30.5 Å². The molecule has 1 aliphatic heterocycles. The van der Waals surface area contributed by atoms with Gasteiger partial charge in [0.1, 0.15) is 17.8 Å². The second-order valence-electron chi connectivity index (χ2n) is 7.30. The number of carbonyl (C=O) groups is 1. The van der Waals surface area contributed by atoms with Crippen LogP contribution in [0.15, 0.2) is 36.7 Å². The molecule has 10 heteroatoms. The molecular formula is C20H24N6O4. The highest BCUT2D eigenvalue weighted by Gasteiger charge is 2.46. The maximum Gasteiger partial charge on any atom is 0.251 e. The summed E-state index contributed by atoms with van der Waals surface area (Å²) in [5, 5.41) is 23.9. The molecule has 10 nitrogen and oxygen atoms in total. The number of imidazole rings is 1. The standard InChI is InChI=1S/C20H24N6O4/c1-3-22-19(29)15-13(27)10(2)20(30-15)26-9-23-12-16(21)24-17(25-18(12)26)14(28)11-7-5-4-6-8-11/h4-10,13-15,20,27-28H,3H2,1-2H3,(H,22,29)(H2,21,24,25)/t10?,13-,14+,15+,20-/m1/s1. The number of nitrogens with zero attached hydrogens (tertiary/aromatic N) is 4. The quantitative estimate of drug-likeness (QED) is 0.474. The number of aromatic nitrogens is 4. The molecule has 1 amide bonds. The van der Waals surface area contributed by atoms with Crippen LogP contribution in [0.3, 0.4) is 0 Å². The van der Waals surface area contributed by atoms with Crippen LogP contribution in [-0.2, 0) is 9.53 Å². The third kappa shape index (κ3) is 3.38. The molecule has 1 saturated heterocycles. The summed E-state index contributed by atoms with van der Waals surface area (Å²) in [6, 6.07) is 8.99. The van der Waals surface area contributed by atoms with E-state index < -0.39 is 30.5 Å². The van der Waals surface area contributed by atoms with Gasteiger partial charge in [-0.1, -0.05) is 37.3 Å². The Kier molecular flexibility index (Phi) is 5.37. The van der Waals surface area contributed by atoms with Crippen molar-refractivity contribution in [2.24, 2.45) is 5.92 Å². The van der Waals surface area contributed by atoms with Crippen LogP contribution in [0, 0.1) is 5.92 Å². The number of benzene rings is 1. The third-order valence-electron chi connectivity index (χ3n) is 5.29. The Morgan fingerprint density at radius 1 is 1.33 bits per heavy atom. The van der Waals surface area contributed by atoms with E-state index in [1.807, 2.05) is 18.2 Å². The lowest BCUT2D eigenvalue weighted by Gasteiger charge is -2.18. The van der Waals surface area contributed by atoms with Crippen LogP contribution >= 0.6 is 0 Å². The third-order valence-corrected chi connectivity index (χ3v) is 5.29. The molecule has 0 bridgehead atoms. The van der Waals surface area contributed by atoms with Crippen molar-refractivity contribution in [1.82, 2.24) is 24.8 Å². The number of aliphatic hydroxyl groups is 2. The Balaban J connectivity index is 1.72. The summed E-state index contributed by atoms with van der Waals surface area (Å²) in [6.45, 7) is 4.01. The van der Waals surface area contributed by atoms with E-state index in [4.69, 9.17) is 10.5 Å². The van der Waals surface area contributed by atoms with Gasteiger partial charge in [0.05, 0.1) is 12.4 Å². The van der Waals surface area contributed by atoms with Gasteiger partial charge in [-0.3, -0.25) is 9.36 Å². The highest BCUT2D eigenvalue weighted by atomic mass is 16.5. The Morgan fingerprint density at radius 3 is 2.77 bits per heavy atom. The van der Waals surface area contributed by atoms with Crippen molar-refractivity contribution in [2.75, 3.05) is 12.3 Å². The Labute approximate surface area is 172 Å². The van der Waals surface area contributed by atoms with Gasteiger partial charge in [-0.15, -0.1) is 0 Å². The predicted molar refractivity (Wildman–Crippen MR) is 108 cm³/mol. The molecule has 0 radical (unpaired) electrons. The lowest BCUT2D eigenvalue weighted by atomic mass is 10.0. The Hall–Kier alpha value is -3.08. The zero-order chi connectivity index (χ0) is 21.4. The summed E-state index contributed by atoms with van der Waals surface area (Å²) in [5.74, 6) is -0.540. The van der Waals surface area contributed by atoms with E-state index >= 15 is 0 Å². The van der Waals surface area contributed by atoms with Crippen molar-refractivity contribution in [3.8, 4) is 0 Å². The number of rotatable bonds is 5. The van der Waals surface area contributed by atoms with Crippen molar-refractivity contribution in [3.63, 3.8) is 0 Å². The number of amides is 1. The number of anilines is 1. The average Bonchev–Trinajstić information content (AvgIpc) is 3.30. The van der Waals surface area contributed by atoms with Crippen LogP contribution in [0.5, 0.6) is 0 Å². The van der Waals surface area contributed by atoms with Crippen LogP contribution in [0.4, 0.5) is 5.82 Å². The number of ether oxygens (including phenoxy) is 1. The number of likely N-dealkylation sites (N-methyl/N-ethyl adjacent to an activating group) is 1. The second kappa shape index (κ2) is 7.98. The molecule has 1 aliphatic rings. The number of nitrogen functional groups attached to an aromatic ring is 1. The van der Waals surface area contributed by atoms with Gasteiger partial charge in [-0.05, 0) is 12.5 Å². The number of hydrogen-bond acceptors (Lipinski definition) is 8. The van der Waals surface area contributed by atoms with Crippen molar-refractivity contribution in [3.05, 3.63) is 48.0 Å². The van der Waals surface area contributed by atoms with Crippen LogP contribution in [0.25, 0.3) is 11.2 Å². The lowest BCUT2D eigenvalue weighted by Crippen LogP contribution is -2.41. The number of carbonyl (C=O) groups excluding carboxylic acids is 1. The first-order valence-electron chi connectivity index (χ1n) is 9.76. The van der Waals surface area contributed by atoms with Crippen molar-refractivity contribution in [2.45, 2.75) is 38.4 Å². The average molecular weight is 412 g/mol. The van der Waals surface area contributed by atoms with Crippen molar-refractivity contribution in [1.29, 1.82) is 0 Å². The normalized spacial score (nSPS) is 24.8. The summed E-state index contributed by atoms with van der Waals surface area (Å²) in [5.41, 5.74) is 7.40. The fraction of sp³-hybridized carbons (Fsp3) is 0.400. The predicted octanol–water partition coefficient (Wildman–Crippen LogP) is 0.521. The summed E-state index contributed by atoms with van der Waals surface area (Å²) in [4.78, 5) is 25.2. The topological polar surface area (TPSA) is 148 Å². The van der Waals surface area contributed by atoms with Gasteiger partial charge in [0.15, 0.2) is 23.4 Å². The SMILES string of the molecule is CCNC(=O)[C@H]1O[C@@H](n2cnc3c(N)nc([C@@H](O)c4ccccc4)nc32)C(C)[C@H]1O. The molecule has 3 heterocycles. The smallest absolute Gasteiger partial charge is 0.251 e. The van der Waals surface area contributed by atoms with Crippen molar-refractivity contribution < 1.29 is 19.7 Å². The molecular weight excluding hydrogens is 388 g/mol. The minimum absolute atomic E-state index is 0.121. The lowest BCUT2D eigenvalue weighted by molar-refractivity contribution is -0.137. The van der Waals surface area contributed by atoms with Crippen LogP contribution in [-0.4, -0.2) is 54.4 Å². The molecule has 158 valence electrons. The molecule has 3 aromatic rings. The molecule has 5 N–H and O–H groups in total. The molecule has 30 heavy (non-hydrogen) atoms. The van der Waals surface area contributed by atoms with E-state index in [1.165, 1.54) is 6.33 Å². The largest absolute Gasteiger partial charge is 0.389 e. The molecule has 0 spiro atoms. The molecule has 2 aromatic heterocycles. The number of nitrogens with one attached hydrogen (secondary N) is 1. The number of hydrogen-bond donors (Lipinski definition) is 4. The van der Waals surface area contributed by atoms with Crippen LogP contribution < -0.4 is 11.1 Å². The van der Waals surface area contributed by atoms with E-state index in [0.717, 1.165) is 0 Å². The van der Waals surface area contributed by atoms with Gasteiger partial charge < -0.3 is 26.0 Å². The van der Waals surface area contributed by atoms with E-state index in [9.17, 15) is 15.0 Å². The fourth-order valence-electron chi connectivity index (χ4n) is 3.66. The van der Waals surface area contributed by atoms with Gasteiger partial charge in [0.25, 0.3) is 5.91 Å². The van der Waals surface area contributed by atoms with Gasteiger partial charge in [-0.2, -0.15) is 0 Å². The number of nitrogens with two attached hydrogens (primary N) is 1. The first-order valence-corrected chi connectivity index (χ1v) is 9.76. The Bertz CT molecular complexity index is 1060.